The molecule has 0 aliphatic rings. The Balaban J connectivity index is 2.14. The van der Waals surface area contributed by atoms with E-state index < -0.39 is 17.7 Å². The summed E-state index contributed by atoms with van der Waals surface area (Å²) in [6.45, 7) is 1.28. The van der Waals surface area contributed by atoms with Crippen molar-refractivity contribution >= 4 is 35.4 Å². The number of hydrazine groups is 1. The number of hydrogen-bond donors (Lipinski definition) is 3. The van der Waals surface area contributed by atoms with Gasteiger partial charge in [-0.1, -0.05) is 41.9 Å². The maximum Gasteiger partial charge on any atom is 0.286 e. The molecule has 0 saturated heterocycles. The highest BCUT2D eigenvalue weighted by atomic mass is 35.5. The largest absolute Gasteiger partial charge is 0.496 e. The minimum absolute atomic E-state index is 0.0212. The lowest BCUT2D eigenvalue weighted by Crippen LogP contribution is -2.45. The number of halogens is 1. The van der Waals surface area contributed by atoms with Gasteiger partial charge in [0.25, 0.3) is 11.8 Å². The van der Waals surface area contributed by atoms with E-state index in [9.17, 15) is 14.4 Å². The van der Waals surface area contributed by atoms with Crippen LogP contribution in [-0.4, -0.2) is 24.8 Å². The standard InChI is InChI=1S/C19H18ClN3O4/c1-12(24)21-16(10-13-6-4-3-5-7-13)19(26)23-22-18(25)15-11-14(20)8-9-17(15)27-2/h3-11H,1-2H3,(H,21,24)(H,22,25)(H,23,26)/b16-10-. The van der Waals surface area contributed by atoms with Crippen LogP contribution in [0.4, 0.5) is 0 Å². The summed E-state index contributed by atoms with van der Waals surface area (Å²) in [5.41, 5.74) is 5.37. The first kappa shape index (κ1) is 20.0. The van der Waals surface area contributed by atoms with E-state index >= 15 is 0 Å². The van der Waals surface area contributed by atoms with Crippen molar-refractivity contribution in [2.24, 2.45) is 0 Å². The van der Waals surface area contributed by atoms with Gasteiger partial charge >= 0.3 is 0 Å². The lowest BCUT2D eigenvalue weighted by Gasteiger charge is -2.12. The summed E-state index contributed by atoms with van der Waals surface area (Å²) in [7, 11) is 1.41. The number of carbonyl (C=O) groups is 3. The van der Waals surface area contributed by atoms with Gasteiger partial charge in [0.05, 0.1) is 12.7 Å². The first-order chi connectivity index (χ1) is 12.9. The minimum atomic E-state index is -0.691. The second-order valence-electron chi connectivity index (χ2n) is 5.40. The van der Waals surface area contributed by atoms with Crippen molar-refractivity contribution in [3.05, 3.63) is 70.4 Å². The van der Waals surface area contributed by atoms with Crippen LogP contribution in [0.1, 0.15) is 22.8 Å². The number of rotatable bonds is 5. The molecule has 0 radical (unpaired) electrons. The molecule has 0 spiro atoms. The van der Waals surface area contributed by atoms with Crippen LogP contribution in [0.5, 0.6) is 5.75 Å². The third kappa shape index (κ3) is 5.86. The molecule has 3 amide bonds. The first-order valence-electron chi connectivity index (χ1n) is 7.89. The van der Waals surface area contributed by atoms with Crippen molar-refractivity contribution in [1.29, 1.82) is 0 Å². The molecule has 0 bridgehead atoms. The van der Waals surface area contributed by atoms with Gasteiger partial charge in [0.1, 0.15) is 11.4 Å². The number of ether oxygens (including phenoxy) is 1. The molecule has 0 fully saturated rings. The summed E-state index contributed by atoms with van der Waals surface area (Å²) < 4.78 is 5.11. The Morgan fingerprint density at radius 1 is 1.04 bits per heavy atom. The smallest absolute Gasteiger partial charge is 0.286 e. The second kappa shape index (κ2) is 9.40. The predicted molar refractivity (Wildman–Crippen MR) is 102 cm³/mol. The molecule has 140 valence electrons. The van der Waals surface area contributed by atoms with Gasteiger partial charge in [-0.3, -0.25) is 25.2 Å². The van der Waals surface area contributed by atoms with E-state index in [0.29, 0.717) is 16.3 Å². The Bertz CT molecular complexity index is 882. The number of hydrogen-bond acceptors (Lipinski definition) is 4. The van der Waals surface area contributed by atoms with E-state index in [-0.39, 0.29) is 11.3 Å². The average Bonchev–Trinajstić information content (AvgIpc) is 2.65. The van der Waals surface area contributed by atoms with Crippen LogP contribution in [0, 0.1) is 0 Å². The Labute approximate surface area is 161 Å². The van der Waals surface area contributed by atoms with Gasteiger partial charge in [-0.2, -0.15) is 0 Å². The average molecular weight is 388 g/mol. The van der Waals surface area contributed by atoms with E-state index in [1.807, 2.05) is 6.07 Å². The van der Waals surface area contributed by atoms with Crippen molar-refractivity contribution in [3.8, 4) is 5.75 Å². The molecule has 0 aliphatic carbocycles. The van der Waals surface area contributed by atoms with Crippen molar-refractivity contribution in [2.45, 2.75) is 6.92 Å². The van der Waals surface area contributed by atoms with Gasteiger partial charge in [0, 0.05) is 11.9 Å². The number of methoxy groups -OCH3 is 1. The molecule has 0 aliphatic heterocycles. The molecule has 0 saturated carbocycles. The number of carbonyl (C=O) groups excluding carboxylic acids is 3. The maximum atomic E-state index is 12.4. The monoisotopic (exact) mass is 387 g/mol. The molecule has 8 heteroatoms. The lowest BCUT2D eigenvalue weighted by atomic mass is 10.2. The van der Waals surface area contributed by atoms with Crippen molar-refractivity contribution in [3.63, 3.8) is 0 Å². The van der Waals surface area contributed by atoms with E-state index in [1.54, 1.807) is 30.3 Å². The molecular formula is C19H18ClN3O4. The minimum Gasteiger partial charge on any atom is -0.496 e. The van der Waals surface area contributed by atoms with Gasteiger partial charge in [-0.15, -0.1) is 0 Å². The Kier molecular flexibility index (Phi) is 6.96. The first-order valence-corrected chi connectivity index (χ1v) is 8.27. The van der Waals surface area contributed by atoms with Crippen LogP contribution in [0.15, 0.2) is 54.2 Å². The zero-order chi connectivity index (χ0) is 19.8. The molecule has 2 rings (SSSR count). The van der Waals surface area contributed by atoms with Gasteiger partial charge in [-0.25, -0.2) is 0 Å². The summed E-state index contributed by atoms with van der Waals surface area (Å²) in [6, 6.07) is 13.5. The van der Waals surface area contributed by atoms with Gasteiger partial charge in [0.15, 0.2) is 0 Å². The normalized spacial score (nSPS) is 10.7. The predicted octanol–water partition coefficient (Wildman–Crippen LogP) is 2.29. The van der Waals surface area contributed by atoms with Crippen molar-refractivity contribution in [2.75, 3.05) is 7.11 Å². The van der Waals surface area contributed by atoms with E-state index in [0.717, 1.165) is 0 Å². The number of benzene rings is 2. The molecule has 7 nitrogen and oxygen atoms in total. The molecule has 27 heavy (non-hydrogen) atoms. The van der Waals surface area contributed by atoms with Gasteiger partial charge < -0.3 is 10.1 Å². The van der Waals surface area contributed by atoms with Crippen LogP contribution in [0.3, 0.4) is 0 Å². The topological polar surface area (TPSA) is 96.5 Å². The summed E-state index contributed by atoms with van der Waals surface area (Å²) in [6.07, 6.45) is 1.49. The Hall–Kier alpha value is -3.32. The summed E-state index contributed by atoms with van der Waals surface area (Å²) in [5, 5.41) is 2.78. The molecule has 2 aromatic rings. The molecule has 0 aromatic heterocycles. The van der Waals surface area contributed by atoms with Crippen LogP contribution < -0.4 is 20.9 Å². The summed E-state index contributed by atoms with van der Waals surface area (Å²) >= 11 is 5.90. The van der Waals surface area contributed by atoms with Crippen molar-refractivity contribution < 1.29 is 19.1 Å². The zero-order valence-electron chi connectivity index (χ0n) is 14.7. The number of nitrogens with one attached hydrogen (secondary N) is 3. The quantitative estimate of drug-likeness (QED) is 0.541. The summed E-state index contributed by atoms with van der Waals surface area (Å²) in [4.78, 5) is 36.1. The molecule has 0 unspecified atom stereocenters. The van der Waals surface area contributed by atoms with Crippen LogP contribution in [0.2, 0.25) is 5.02 Å². The SMILES string of the molecule is COc1ccc(Cl)cc1C(=O)NNC(=O)/C(=C/c1ccccc1)NC(C)=O. The van der Waals surface area contributed by atoms with Crippen LogP contribution >= 0.6 is 11.6 Å². The fourth-order valence-electron chi connectivity index (χ4n) is 2.17. The summed E-state index contributed by atoms with van der Waals surface area (Å²) in [5.74, 6) is -1.43. The molecule has 3 N–H and O–H groups in total. The van der Waals surface area contributed by atoms with E-state index in [4.69, 9.17) is 16.3 Å². The van der Waals surface area contributed by atoms with Crippen LogP contribution in [-0.2, 0) is 9.59 Å². The fourth-order valence-corrected chi connectivity index (χ4v) is 2.34. The second-order valence-corrected chi connectivity index (χ2v) is 5.84. The van der Waals surface area contributed by atoms with Crippen LogP contribution in [0.25, 0.3) is 6.08 Å². The Morgan fingerprint density at radius 3 is 2.37 bits per heavy atom. The highest BCUT2D eigenvalue weighted by Crippen LogP contribution is 2.22. The fraction of sp³-hybridized carbons (Fsp3) is 0.105. The highest BCUT2D eigenvalue weighted by molar-refractivity contribution is 6.31. The third-order valence-electron chi connectivity index (χ3n) is 3.36. The van der Waals surface area contributed by atoms with E-state index in [1.165, 1.54) is 32.2 Å². The van der Waals surface area contributed by atoms with Crippen molar-refractivity contribution in [1.82, 2.24) is 16.2 Å². The van der Waals surface area contributed by atoms with Gasteiger partial charge in [0.2, 0.25) is 5.91 Å². The maximum absolute atomic E-state index is 12.4. The molecule has 2 aromatic carbocycles. The molecule has 0 heterocycles. The zero-order valence-corrected chi connectivity index (χ0v) is 15.5. The molecule has 0 atom stereocenters. The third-order valence-corrected chi connectivity index (χ3v) is 3.60. The number of amides is 3. The highest BCUT2D eigenvalue weighted by Gasteiger charge is 2.16. The Morgan fingerprint density at radius 2 is 1.74 bits per heavy atom. The van der Waals surface area contributed by atoms with Gasteiger partial charge in [-0.05, 0) is 29.8 Å². The lowest BCUT2D eigenvalue weighted by molar-refractivity contribution is -0.122. The van der Waals surface area contributed by atoms with E-state index in [2.05, 4.69) is 16.2 Å². The molecular weight excluding hydrogens is 370 g/mol.